The summed E-state index contributed by atoms with van der Waals surface area (Å²) in [4.78, 5) is 0.269. The molecule has 0 amide bonds. The van der Waals surface area contributed by atoms with Crippen molar-refractivity contribution in [2.75, 3.05) is 11.8 Å². The number of sulfonamides is 1. The maximum absolute atomic E-state index is 12.5. The number of para-hydroxylation sites is 1. The average Bonchev–Trinajstić information content (AvgIpc) is 2.49. The zero-order valence-corrected chi connectivity index (χ0v) is 13.2. The van der Waals surface area contributed by atoms with Gasteiger partial charge in [0.15, 0.2) is 0 Å². The molecule has 112 valence electrons. The topological polar surface area (TPSA) is 58.2 Å². The zero-order valence-electron chi connectivity index (χ0n) is 12.4. The van der Waals surface area contributed by atoms with Crippen LogP contribution in [0.1, 0.15) is 24.1 Å². The normalized spacial score (nSPS) is 12.9. The lowest BCUT2D eigenvalue weighted by atomic mass is 10.1. The van der Waals surface area contributed by atoms with Gasteiger partial charge in [-0.25, -0.2) is 8.42 Å². The second-order valence-corrected chi connectivity index (χ2v) is 6.69. The lowest BCUT2D eigenvalue weighted by molar-refractivity contribution is 0.600. The predicted octanol–water partition coefficient (Wildman–Crippen LogP) is 3.08. The van der Waals surface area contributed by atoms with Crippen LogP contribution < -0.4 is 10.0 Å². The van der Waals surface area contributed by atoms with Gasteiger partial charge in [0.25, 0.3) is 10.0 Å². The standard InChI is InChI=1S/C16H20N2O2S/c1-12-7-4-5-10-16(12)18-21(19,20)15-9-6-8-14(11-15)13(2)17-3/h4-11,13,17-18H,1-3H3. The summed E-state index contributed by atoms with van der Waals surface area (Å²) in [6, 6.07) is 14.4. The molecule has 4 nitrogen and oxygen atoms in total. The van der Waals surface area contributed by atoms with E-state index in [1.165, 1.54) is 0 Å². The van der Waals surface area contributed by atoms with Crippen molar-refractivity contribution >= 4 is 15.7 Å². The van der Waals surface area contributed by atoms with Gasteiger partial charge in [0.1, 0.15) is 0 Å². The Hall–Kier alpha value is -1.85. The quantitative estimate of drug-likeness (QED) is 0.892. The van der Waals surface area contributed by atoms with Crippen molar-refractivity contribution in [1.29, 1.82) is 0 Å². The summed E-state index contributed by atoms with van der Waals surface area (Å²) < 4.78 is 27.6. The minimum Gasteiger partial charge on any atom is -0.313 e. The van der Waals surface area contributed by atoms with Crippen LogP contribution in [0.5, 0.6) is 0 Å². The van der Waals surface area contributed by atoms with Gasteiger partial charge in [-0.2, -0.15) is 0 Å². The first kappa shape index (κ1) is 15.5. The Morgan fingerprint density at radius 2 is 1.76 bits per heavy atom. The molecule has 0 aliphatic heterocycles. The maximum Gasteiger partial charge on any atom is 0.261 e. The van der Waals surface area contributed by atoms with Gasteiger partial charge in [0, 0.05) is 6.04 Å². The fraction of sp³-hybridized carbons (Fsp3) is 0.250. The van der Waals surface area contributed by atoms with E-state index in [9.17, 15) is 8.42 Å². The maximum atomic E-state index is 12.5. The first-order valence-electron chi connectivity index (χ1n) is 6.79. The molecule has 2 aromatic rings. The van der Waals surface area contributed by atoms with Crippen LogP contribution in [-0.2, 0) is 10.0 Å². The summed E-state index contributed by atoms with van der Waals surface area (Å²) in [6.07, 6.45) is 0. The lowest BCUT2D eigenvalue weighted by Gasteiger charge is -2.14. The van der Waals surface area contributed by atoms with Gasteiger partial charge in [0.2, 0.25) is 0 Å². The van der Waals surface area contributed by atoms with Crippen molar-refractivity contribution in [3.63, 3.8) is 0 Å². The van der Waals surface area contributed by atoms with E-state index in [1.54, 1.807) is 24.3 Å². The molecule has 0 aliphatic carbocycles. The van der Waals surface area contributed by atoms with E-state index in [1.807, 2.05) is 45.2 Å². The minimum absolute atomic E-state index is 0.0959. The summed E-state index contributed by atoms with van der Waals surface area (Å²) in [5.74, 6) is 0. The second-order valence-electron chi connectivity index (χ2n) is 5.00. The van der Waals surface area contributed by atoms with Crippen LogP contribution in [0.2, 0.25) is 0 Å². The molecule has 1 atom stereocenters. The Balaban J connectivity index is 2.34. The number of rotatable bonds is 5. The second kappa shape index (κ2) is 6.28. The number of nitrogens with one attached hydrogen (secondary N) is 2. The van der Waals surface area contributed by atoms with Gasteiger partial charge in [-0.1, -0.05) is 30.3 Å². The summed E-state index contributed by atoms with van der Waals surface area (Å²) in [5.41, 5.74) is 2.43. The molecule has 21 heavy (non-hydrogen) atoms. The smallest absolute Gasteiger partial charge is 0.261 e. The summed E-state index contributed by atoms with van der Waals surface area (Å²) in [6.45, 7) is 3.86. The molecule has 2 rings (SSSR count). The van der Waals surface area contributed by atoms with Crippen molar-refractivity contribution in [1.82, 2.24) is 5.32 Å². The highest BCUT2D eigenvalue weighted by Gasteiger charge is 2.16. The molecule has 0 saturated carbocycles. The van der Waals surface area contributed by atoms with Crippen molar-refractivity contribution in [3.05, 3.63) is 59.7 Å². The molecule has 0 bridgehead atoms. The van der Waals surface area contributed by atoms with Gasteiger partial charge >= 0.3 is 0 Å². The highest BCUT2D eigenvalue weighted by atomic mass is 32.2. The van der Waals surface area contributed by atoms with E-state index in [2.05, 4.69) is 10.0 Å². The molecule has 0 saturated heterocycles. The van der Waals surface area contributed by atoms with Crippen LogP contribution in [0.25, 0.3) is 0 Å². The molecule has 1 unspecified atom stereocenters. The molecule has 0 aliphatic rings. The SMILES string of the molecule is CNC(C)c1cccc(S(=O)(=O)Nc2ccccc2C)c1. The third-order valence-electron chi connectivity index (χ3n) is 3.49. The summed E-state index contributed by atoms with van der Waals surface area (Å²) in [7, 11) is -1.73. The average molecular weight is 304 g/mol. The Bertz CT molecular complexity index is 727. The first-order valence-corrected chi connectivity index (χ1v) is 8.28. The fourth-order valence-corrected chi connectivity index (χ4v) is 3.19. The van der Waals surface area contributed by atoms with Gasteiger partial charge in [-0.15, -0.1) is 0 Å². The summed E-state index contributed by atoms with van der Waals surface area (Å²) in [5, 5.41) is 3.10. The van der Waals surface area contributed by atoms with Crippen LogP contribution in [0.3, 0.4) is 0 Å². The molecular formula is C16H20N2O2S. The van der Waals surface area contributed by atoms with E-state index >= 15 is 0 Å². The van der Waals surface area contributed by atoms with Crippen LogP contribution in [0, 0.1) is 6.92 Å². The monoisotopic (exact) mass is 304 g/mol. The molecule has 0 radical (unpaired) electrons. The van der Waals surface area contributed by atoms with E-state index in [-0.39, 0.29) is 10.9 Å². The van der Waals surface area contributed by atoms with Gasteiger partial charge < -0.3 is 5.32 Å². The Morgan fingerprint density at radius 3 is 2.43 bits per heavy atom. The third kappa shape index (κ3) is 3.62. The molecule has 0 fully saturated rings. The molecule has 0 heterocycles. The van der Waals surface area contributed by atoms with Gasteiger partial charge in [-0.3, -0.25) is 4.72 Å². The van der Waals surface area contributed by atoms with Gasteiger partial charge in [-0.05, 0) is 50.2 Å². The fourth-order valence-electron chi connectivity index (χ4n) is 2.01. The lowest BCUT2D eigenvalue weighted by Crippen LogP contribution is -2.16. The third-order valence-corrected chi connectivity index (χ3v) is 4.85. The van der Waals surface area contributed by atoms with Crippen molar-refractivity contribution in [2.45, 2.75) is 24.8 Å². The van der Waals surface area contributed by atoms with Crippen molar-refractivity contribution < 1.29 is 8.42 Å². The Morgan fingerprint density at radius 1 is 1.05 bits per heavy atom. The molecule has 0 spiro atoms. The number of hydrogen-bond donors (Lipinski definition) is 2. The minimum atomic E-state index is -3.58. The Labute approximate surface area is 126 Å². The van der Waals surface area contributed by atoms with E-state index < -0.39 is 10.0 Å². The van der Waals surface area contributed by atoms with Crippen LogP contribution in [-0.4, -0.2) is 15.5 Å². The number of benzene rings is 2. The van der Waals surface area contributed by atoms with Crippen molar-refractivity contribution in [3.8, 4) is 0 Å². The van der Waals surface area contributed by atoms with Crippen molar-refractivity contribution in [2.24, 2.45) is 0 Å². The molecule has 2 aromatic carbocycles. The van der Waals surface area contributed by atoms with E-state index in [0.29, 0.717) is 5.69 Å². The Kier molecular flexibility index (Phi) is 4.65. The van der Waals surface area contributed by atoms with Gasteiger partial charge in [0.05, 0.1) is 10.6 Å². The highest BCUT2D eigenvalue weighted by Crippen LogP contribution is 2.21. The number of anilines is 1. The van der Waals surface area contributed by atoms with Crippen LogP contribution >= 0.6 is 0 Å². The molecule has 2 N–H and O–H groups in total. The number of aryl methyl sites for hydroxylation is 1. The number of hydrogen-bond acceptors (Lipinski definition) is 3. The molecule has 5 heteroatoms. The van der Waals surface area contributed by atoms with E-state index in [4.69, 9.17) is 0 Å². The molecule has 0 aromatic heterocycles. The van der Waals surface area contributed by atoms with Crippen LogP contribution in [0.15, 0.2) is 53.4 Å². The first-order chi connectivity index (χ1) is 9.94. The predicted molar refractivity (Wildman–Crippen MR) is 85.9 cm³/mol. The largest absolute Gasteiger partial charge is 0.313 e. The highest BCUT2D eigenvalue weighted by molar-refractivity contribution is 7.92. The van der Waals surface area contributed by atoms with Crippen LogP contribution in [0.4, 0.5) is 5.69 Å². The molecular weight excluding hydrogens is 284 g/mol. The van der Waals surface area contributed by atoms with E-state index in [0.717, 1.165) is 11.1 Å². The summed E-state index contributed by atoms with van der Waals surface area (Å²) >= 11 is 0. The zero-order chi connectivity index (χ0) is 15.5.